The van der Waals surface area contributed by atoms with Crippen molar-refractivity contribution in [2.45, 2.75) is 65.1 Å². The van der Waals surface area contributed by atoms with Crippen LogP contribution in [0.3, 0.4) is 0 Å². The molecule has 120 valence electrons. The van der Waals surface area contributed by atoms with E-state index in [1.54, 1.807) is 0 Å². The van der Waals surface area contributed by atoms with Gasteiger partial charge in [0.15, 0.2) is 0 Å². The minimum Gasteiger partial charge on any atom is -0.342 e. The number of hydrogen-bond donors (Lipinski definition) is 1. The molecule has 2 atom stereocenters. The fraction of sp³-hybridized carbons (Fsp3) is 0.875. The van der Waals surface area contributed by atoms with E-state index in [4.69, 9.17) is 0 Å². The van der Waals surface area contributed by atoms with Gasteiger partial charge in [-0.1, -0.05) is 20.8 Å². The van der Waals surface area contributed by atoms with Crippen LogP contribution < -0.4 is 5.32 Å². The summed E-state index contributed by atoms with van der Waals surface area (Å²) in [5.74, 6) is 0.229. The molecule has 2 unspecified atom stereocenters. The SMILES string of the molecule is CCCN1CCC(N2C(=O)C(C(C)C)NC(=O)C2C)CC1. The van der Waals surface area contributed by atoms with Crippen LogP contribution in [0.5, 0.6) is 0 Å². The van der Waals surface area contributed by atoms with E-state index < -0.39 is 0 Å². The lowest BCUT2D eigenvalue weighted by atomic mass is 9.93. The Hall–Kier alpha value is -1.10. The second-order valence-electron chi connectivity index (χ2n) is 6.72. The molecular weight excluding hydrogens is 266 g/mol. The van der Waals surface area contributed by atoms with Crippen LogP contribution >= 0.6 is 0 Å². The van der Waals surface area contributed by atoms with Gasteiger partial charge in [-0.05, 0) is 38.6 Å². The van der Waals surface area contributed by atoms with Gasteiger partial charge < -0.3 is 15.1 Å². The maximum Gasteiger partial charge on any atom is 0.246 e. The fourth-order valence-corrected chi connectivity index (χ4v) is 3.50. The number of piperidine rings is 1. The number of piperazine rings is 1. The van der Waals surface area contributed by atoms with Gasteiger partial charge in [0.2, 0.25) is 11.8 Å². The highest BCUT2D eigenvalue weighted by Gasteiger charge is 2.43. The van der Waals surface area contributed by atoms with Gasteiger partial charge in [0.25, 0.3) is 0 Å². The standard InChI is InChI=1S/C16H29N3O2/c1-5-8-18-9-6-13(7-10-18)19-12(4)15(20)17-14(11(2)3)16(19)21/h11-14H,5-10H2,1-4H3,(H,17,20). The molecule has 1 N–H and O–H groups in total. The summed E-state index contributed by atoms with van der Waals surface area (Å²) >= 11 is 0. The largest absolute Gasteiger partial charge is 0.342 e. The molecule has 2 rings (SSSR count). The average Bonchev–Trinajstić information content (AvgIpc) is 2.45. The second-order valence-corrected chi connectivity index (χ2v) is 6.72. The number of carbonyl (C=O) groups is 2. The zero-order valence-electron chi connectivity index (χ0n) is 13.8. The summed E-state index contributed by atoms with van der Waals surface area (Å²) in [6.45, 7) is 11.2. The molecule has 2 aliphatic heterocycles. The van der Waals surface area contributed by atoms with Gasteiger partial charge in [0.05, 0.1) is 0 Å². The van der Waals surface area contributed by atoms with Crippen molar-refractivity contribution in [3.8, 4) is 0 Å². The van der Waals surface area contributed by atoms with Crippen molar-refractivity contribution in [1.82, 2.24) is 15.1 Å². The van der Waals surface area contributed by atoms with E-state index in [0.717, 1.165) is 32.5 Å². The first-order valence-corrected chi connectivity index (χ1v) is 8.30. The highest BCUT2D eigenvalue weighted by atomic mass is 16.2. The number of nitrogens with one attached hydrogen (secondary N) is 1. The van der Waals surface area contributed by atoms with Crippen LogP contribution in [-0.2, 0) is 9.59 Å². The lowest BCUT2D eigenvalue weighted by Gasteiger charge is -2.45. The Bertz CT molecular complexity index is 389. The van der Waals surface area contributed by atoms with Gasteiger partial charge in [-0.15, -0.1) is 0 Å². The third-order valence-electron chi connectivity index (χ3n) is 4.77. The van der Waals surface area contributed by atoms with Gasteiger partial charge in [0, 0.05) is 19.1 Å². The Labute approximate surface area is 128 Å². The predicted molar refractivity (Wildman–Crippen MR) is 82.8 cm³/mol. The van der Waals surface area contributed by atoms with Crippen molar-refractivity contribution >= 4 is 11.8 Å². The van der Waals surface area contributed by atoms with Crippen LogP contribution in [0, 0.1) is 5.92 Å². The number of rotatable bonds is 4. The average molecular weight is 295 g/mol. The summed E-state index contributed by atoms with van der Waals surface area (Å²) in [6, 6.07) is -0.481. The molecule has 21 heavy (non-hydrogen) atoms. The molecule has 2 heterocycles. The molecule has 0 spiro atoms. The Morgan fingerprint density at radius 2 is 1.86 bits per heavy atom. The fourth-order valence-electron chi connectivity index (χ4n) is 3.50. The molecule has 0 aromatic carbocycles. The molecule has 0 aromatic rings. The molecule has 2 amide bonds. The summed E-state index contributed by atoms with van der Waals surface area (Å²) in [7, 11) is 0. The Morgan fingerprint density at radius 3 is 2.38 bits per heavy atom. The molecule has 5 heteroatoms. The Kier molecular flexibility index (Phi) is 5.25. The lowest BCUT2D eigenvalue weighted by Crippen LogP contribution is -2.67. The number of amides is 2. The third-order valence-corrected chi connectivity index (χ3v) is 4.77. The van der Waals surface area contributed by atoms with Crippen molar-refractivity contribution in [1.29, 1.82) is 0 Å². The maximum absolute atomic E-state index is 12.7. The van der Waals surface area contributed by atoms with Crippen LogP contribution in [0.4, 0.5) is 0 Å². The minimum absolute atomic E-state index is 0.00992. The maximum atomic E-state index is 12.7. The van der Waals surface area contributed by atoms with E-state index in [-0.39, 0.29) is 35.9 Å². The molecule has 2 saturated heterocycles. The quantitative estimate of drug-likeness (QED) is 0.849. The molecule has 0 saturated carbocycles. The van der Waals surface area contributed by atoms with Crippen molar-refractivity contribution in [2.75, 3.05) is 19.6 Å². The van der Waals surface area contributed by atoms with Gasteiger partial charge in [-0.25, -0.2) is 0 Å². The van der Waals surface area contributed by atoms with Gasteiger partial charge in [0.1, 0.15) is 12.1 Å². The second kappa shape index (κ2) is 6.77. The highest BCUT2D eigenvalue weighted by Crippen LogP contribution is 2.24. The third kappa shape index (κ3) is 3.39. The van der Waals surface area contributed by atoms with E-state index >= 15 is 0 Å². The van der Waals surface area contributed by atoms with E-state index in [9.17, 15) is 9.59 Å². The van der Waals surface area contributed by atoms with Gasteiger partial charge in [-0.3, -0.25) is 9.59 Å². The summed E-state index contributed by atoms with van der Waals surface area (Å²) in [5, 5.41) is 2.87. The summed E-state index contributed by atoms with van der Waals surface area (Å²) in [4.78, 5) is 29.2. The molecule has 2 fully saturated rings. The molecule has 0 aromatic heterocycles. The first-order chi connectivity index (χ1) is 9.95. The molecule has 0 aliphatic carbocycles. The zero-order chi connectivity index (χ0) is 15.6. The smallest absolute Gasteiger partial charge is 0.246 e. The zero-order valence-corrected chi connectivity index (χ0v) is 13.8. The summed E-state index contributed by atoms with van der Waals surface area (Å²) in [6.07, 6.45) is 3.13. The lowest BCUT2D eigenvalue weighted by molar-refractivity contribution is -0.153. The Balaban J connectivity index is 2.06. The topological polar surface area (TPSA) is 52.6 Å². The number of hydrogen-bond acceptors (Lipinski definition) is 3. The molecule has 5 nitrogen and oxygen atoms in total. The normalized spacial score (nSPS) is 29.1. The molecule has 2 aliphatic rings. The minimum atomic E-state index is -0.359. The monoisotopic (exact) mass is 295 g/mol. The van der Waals surface area contributed by atoms with Crippen LogP contribution in [-0.4, -0.2) is 59.4 Å². The summed E-state index contributed by atoms with van der Waals surface area (Å²) < 4.78 is 0. The highest BCUT2D eigenvalue weighted by molar-refractivity contribution is 5.97. The van der Waals surface area contributed by atoms with Crippen molar-refractivity contribution < 1.29 is 9.59 Å². The Morgan fingerprint density at radius 1 is 1.24 bits per heavy atom. The van der Waals surface area contributed by atoms with Crippen LogP contribution in [0.2, 0.25) is 0 Å². The number of carbonyl (C=O) groups excluding carboxylic acids is 2. The first-order valence-electron chi connectivity index (χ1n) is 8.30. The molecule has 0 bridgehead atoms. The molecular formula is C16H29N3O2. The van der Waals surface area contributed by atoms with Gasteiger partial charge in [-0.2, -0.15) is 0 Å². The van der Waals surface area contributed by atoms with Gasteiger partial charge >= 0.3 is 0 Å². The van der Waals surface area contributed by atoms with E-state index in [2.05, 4.69) is 17.1 Å². The predicted octanol–water partition coefficient (Wildman–Crippen LogP) is 1.23. The first kappa shape index (κ1) is 16.3. The van der Waals surface area contributed by atoms with Crippen LogP contribution in [0.1, 0.15) is 47.0 Å². The number of likely N-dealkylation sites (tertiary alicyclic amines) is 1. The number of nitrogens with zero attached hydrogens (tertiary/aromatic N) is 2. The summed E-state index contributed by atoms with van der Waals surface area (Å²) in [5.41, 5.74) is 0. The van der Waals surface area contributed by atoms with Crippen molar-refractivity contribution in [3.05, 3.63) is 0 Å². The van der Waals surface area contributed by atoms with Crippen molar-refractivity contribution in [2.24, 2.45) is 5.92 Å². The molecule has 0 radical (unpaired) electrons. The van der Waals surface area contributed by atoms with Crippen LogP contribution in [0.25, 0.3) is 0 Å². The van der Waals surface area contributed by atoms with E-state index in [1.165, 1.54) is 6.42 Å². The van der Waals surface area contributed by atoms with E-state index in [0.29, 0.717) is 0 Å². The van der Waals surface area contributed by atoms with Crippen LogP contribution in [0.15, 0.2) is 0 Å². The van der Waals surface area contributed by atoms with E-state index in [1.807, 2.05) is 25.7 Å². The van der Waals surface area contributed by atoms with Crippen molar-refractivity contribution in [3.63, 3.8) is 0 Å².